The van der Waals surface area contributed by atoms with Crippen molar-refractivity contribution in [2.45, 2.75) is 139 Å². The molecule has 13 rings (SSSR count). The van der Waals surface area contributed by atoms with Crippen molar-refractivity contribution in [3.63, 3.8) is 0 Å². The molecule has 0 aliphatic heterocycles. The number of halogens is 9. The Kier molecular flexibility index (Phi) is 20.7. The molecule has 0 amide bonds. The number of carboxylic acids is 1. The van der Waals surface area contributed by atoms with Gasteiger partial charge in [0.1, 0.15) is 53.1 Å². The van der Waals surface area contributed by atoms with E-state index in [2.05, 4.69) is 37.0 Å². The Morgan fingerprint density at radius 2 is 1.16 bits per heavy atom. The van der Waals surface area contributed by atoms with Crippen LogP contribution in [0.15, 0.2) is 42.5 Å². The number of aryl methyl sites for hydroxylation is 1. The summed E-state index contributed by atoms with van der Waals surface area (Å²) in [4.78, 5) is 77.6. The second kappa shape index (κ2) is 27.7. The Bertz CT molecular complexity index is 4690. The van der Waals surface area contributed by atoms with Gasteiger partial charge in [-0.1, -0.05) is 23.6 Å². The maximum absolute atomic E-state index is 15.7. The molecule has 100 heavy (non-hydrogen) atoms. The zero-order chi connectivity index (χ0) is 72.1. The molecule has 2 aromatic carbocycles. The van der Waals surface area contributed by atoms with Gasteiger partial charge in [-0.2, -0.15) is 46.7 Å². The zero-order valence-electron chi connectivity index (χ0n) is 55.2. The first-order valence-corrected chi connectivity index (χ1v) is 33.7. The van der Waals surface area contributed by atoms with Crippen LogP contribution in [-0.4, -0.2) is 132 Å². The maximum atomic E-state index is 15.7. The van der Waals surface area contributed by atoms with Crippen LogP contribution in [-0.2, 0) is 99.8 Å². The Balaban J connectivity index is 0.000000207. The van der Waals surface area contributed by atoms with Crippen LogP contribution in [0, 0.1) is 41.2 Å². The number of carboxylic acid groups (broad SMARTS) is 1. The van der Waals surface area contributed by atoms with Crippen molar-refractivity contribution in [3.05, 3.63) is 133 Å². The number of methoxy groups -OCH3 is 1. The van der Waals surface area contributed by atoms with E-state index in [1.165, 1.54) is 18.5 Å². The SMILES string of the molecule is CCOC(=O)c1nn(CC(=O)C[C@@H](Cc2cc(F)cc(F)c2)c2nc(C#CC(C)(C)O)ccc2-c2ccc(Cl)c3c(CS(C)(=O)=O)nn(C)c23)c2c1[C@H]1C[C@H]1C2(F)F.CCOC(=O)c1nn(CC(=O)OC)c2c1[C@H]1C[C@H]1C2(F)F.CCOC(=O)c1nn(CC(=O)[O-])c2c1[C@H]1C[C@H]1C2(F)F.[Na+]. The summed E-state index contributed by atoms with van der Waals surface area (Å²) in [6.45, 7) is 6.01. The fourth-order valence-corrected chi connectivity index (χ4v) is 14.6. The van der Waals surface area contributed by atoms with Gasteiger partial charge in [-0.15, -0.1) is 0 Å². The number of pyridine rings is 1. The van der Waals surface area contributed by atoms with E-state index < -0.39 is 159 Å². The van der Waals surface area contributed by atoms with Crippen molar-refractivity contribution < 1.29 is 131 Å². The molecule has 0 spiro atoms. The summed E-state index contributed by atoms with van der Waals surface area (Å²) in [5, 5.41) is 37.8. The molecule has 5 aromatic heterocycles. The van der Waals surface area contributed by atoms with Crippen molar-refractivity contribution in [2.75, 3.05) is 33.2 Å². The van der Waals surface area contributed by atoms with Crippen molar-refractivity contribution in [2.24, 2.45) is 24.8 Å². The first-order valence-electron chi connectivity index (χ1n) is 31.2. The number of sulfone groups is 1. The number of alkyl halides is 6. The number of aliphatic carboxylic acids is 1. The zero-order valence-corrected chi connectivity index (χ0v) is 58.7. The molecule has 0 unspecified atom stereocenters. The van der Waals surface area contributed by atoms with E-state index in [0.29, 0.717) is 39.2 Å². The fourth-order valence-electron chi connectivity index (χ4n) is 13.6. The summed E-state index contributed by atoms with van der Waals surface area (Å²) in [5.74, 6) is -16.6. The van der Waals surface area contributed by atoms with Gasteiger partial charge in [0.15, 0.2) is 32.7 Å². The number of Topliss-reactive ketones (excluding diaryl/α,β-unsaturated/α-hetero) is 1. The maximum Gasteiger partial charge on any atom is 1.00 e. The number of nitrogens with zero attached hydrogens (tertiary/aromatic N) is 9. The number of aliphatic hydroxyl groups is 1. The normalized spacial score (nSPS) is 20.1. The van der Waals surface area contributed by atoms with Crippen molar-refractivity contribution in [1.29, 1.82) is 0 Å². The first kappa shape index (κ1) is 74.6. The number of hydrogen-bond acceptors (Lipinski definition) is 19. The smallest absolute Gasteiger partial charge is 0.548 e. The molecule has 1 N–H and O–H groups in total. The topological polar surface area (TPSA) is 301 Å². The van der Waals surface area contributed by atoms with Gasteiger partial charge in [0.05, 0.1) is 67.1 Å². The minimum absolute atomic E-state index is 0. The summed E-state index contributed by atoms with van der Waals surface area (Å²) in [5.41, 5.74) is -0.885. The van der Waals surface area contributed by atoms with Crippen LogP contribution in [0.25, 0.3) is 22.0 Å². The van der Waals surface area contributed by atoms with Gasteiger partial charge in [0.2, 0.25) is 0 Å². The van der Waals surface area contributed by atoms with E-state index in [1.54, 1.807) is 52.1 Å². The number of ether oxygens (including phenoxy) is 4. The van der Waals surface area contributed by atoms with Crippen molar-refractivity contribution >= 4 is 68.0 Å². The van der Waals surface area contributed by atoms with Crippen molar-refractivity contribution in [3.8, 4) is 23.0 Å². The fraction of sp³-hybridized carbons (Fsp3) is 0.470. The summed E-state index contributed by atoms with van der Waals surface area (Å²) in [7, 11) is -0.790. The second-order valence-corrected chi connectivity index (χ2v) is 28.0. The molecule has 6 aliphatic rings. The molecule has 526 valence electrons. The molecule has 23 nitrogen and oxygen atoms in total. The largest absolute Gasteiger partial charge is 1.00 e. The Morgan fingerprint density at radius 1 is 0.710 bits per heavy atom. The van der Waals surface area contributed by atoms with Crippen LogP contribution in [0.1, 0.15) is 172 Å². The van der Waals surface area contributed by atoms with E-state index in [4.69, 9.17) is 30.8 Å². The van der Waals surface area contributed by atoms with Crippen LogP contribution in [0.2, 0.25) is 5.02 Å². The number of benzene rings is 2. The molecule has 6 aliphatic carbocycles. The number of carbonyl (C=O) groups is 6. The molecule has 7 atom stereocenters. The first-order chi connectivity index (χ1) is 46.4. The molecule has 0 radical (unpaired) electrons. The third-order valence-corrected chi connectivity index (χ3v) is 18.8. The summed E-state index contributed by atoms with van der Waals surface area (Å²) < 4.78 is 165. The third-order valence-electron chi connectivity index (χ3n) is 17.7. The molecule has 34 heteroatoms. The van der Waals surface area contributed by atoms with E-state index in [-0.39, 0.29) is 142 Å². The van der Waals surface area contributed by atoms with E-state index >= 15 is 8.78 Å². The van der Waals surface area contributed by atoms with Gasteiger partial charge in [-0.25, -0.2) is 36.6 Å². The van der Waals surface area contributed by atoms with Crippen LogP contribution in [0.5, 0.6) is 0 Å². The van der Waals surface area contributed by atoms with Crippen LogP contribution < -0.4 is 34.7 Å². The molecule has 5 heterocycles. The molecule has 3 saturated carbocycles. The summed E-state index contributed by atoms with van der Waals surface area (Å²) in [6.07, 6.45) is 1.26. The molecular formula is C66H63ClF8N9NaO14S. The van der Waals surface area contributed by atoms with Gasteiger partial charge in [-0.3, -0.25) is 28.3 Å². The molecule has 7 aromatic rings. The van der Waals surface area contributed by atoms with Crippen molar-refractivity contribution in [1.82, 2.24) is 44.1 Å². The standard InChI is InChI=1S/C41H38ClF4N5O6S.C13H14F2N2O4.C12H12F2N2O4.Na/c1-6-57-39(53)36-33-29-18-30(29)41(45,46)38(33)51(49-36)19-26(52)16-22(13-21-14-23(43)17-24(44)15-21)35-27(8-7-25(47-35)11-12-40(2,3)54)28-9-10-31(42)34-32(20-58(5,55)56)48-50(4)37(28)34;1-3-21-12(19)10-9-6-4-7(6)13(14,15)11(9)17(16-10)5-8(18)20-2;1-2-20-11(19)9-8-5-3-6(5)12(13,14)10(8)16(15-9)4-7(17)18;/h7-10,14-15,17,22,29-30,54H,6,13,16,18-20H2,1-5H3;6-7H,3-5H2,1-2H3;5-6H,2-4H2,1H3,(H,17,18);/q;;;+1/p-1/t22-,29+,30-;6-,7+;5-,6+;/m100./s1. The molecule has 0 bridgehead atoms. The van der Waals surface area contributed by atoms with Gasteiger partial charge in [0.25, 0.3) is 17.8 Å². The number of hydrogen-bond donors (Lipinski definition) is 1. The Morgan fingerprint density at radius 3 is 1.59 bits per heavy atom. The van der Waals surface area contributed by atoms with Gasteiger partial charge in [0, 0.05) is 82.7 Å². The van der Waals surface area contributed by atoms with E-state index in [9.17, 15) is 73.7 Å². The minimum Gasteiger partial charge on any atom is -0.548 e. The Labute approximate surface area is 592 Å². The summed E-state index contributed by atoms with van der Waals surface area (Å²) >= 11 is 6.66. The molecule has 0 saturated heterocycles. The molecular weight excluding hydrogens is 1390 g/mol. The summed E-state index contributed by atoms with van der Waals surface area (Å²) in [6, 6.07) is 9.37. The predicted octanol–water partition coefficient (Wildman–Crippen LogP) is 5.27. The van der Waals surface area contributed by atoms with Crippen LogP contribution in [0.3, 0.4) is 0 Å². The molecule has 3 fully saturated rings. The second-order valence-electron chi connectivity index (χ2n) is 25.4. The Hall–Kier alpha value is -8.09. The van der Waals surface area contributed by atoms with Gasteiger partial charge < -0.3 is 34.0 Å². The average molecular weight is 1450 g/mol. The van der Waals surface area contributed by atoms with E-state index in [1.807, 2.05) is 0 Å². The minimum atomic E-state index is -3.56. The number of fused-ring (bicyclic) bond motifs is 10. The third kappa shape index (κ3) is 14.4. The number of esters is 4. The quantitative estimate of drug-likeness (QED) is 0.0334. The predicted molar refractivity (Wildman–Crippen MR) is 329 cm³/mol. The number of ketones is 1. The van der Waals surface area contributed by atoms with E-state index in [0.717, 1.165) is 34.9 Å². The number of aromatic nitrogens is 9. The average Bonchev–Trinajstić information content (AvgIpc) is 1.54. The van der Waals surface area contributed by atoms with Crippen LogP contribution in [0.4, 0.5) is 35.1 Å². The monoisotopic (exact) mass is 1450 g/mol. The number of carbonyl (C=O) groups excluding carboxylic acids is 6. The van der Waals surface area contributed by atoms with Gasteiger partial charge >= 0.3 is 53.4 Å². The van der Waals surface area contributed by atoms with Crippen LogP contribution >= 0.6 is 11.6 Å². The number of rotatable bonds is 20. The van der Waals surface area contributed by atoms with Gasteiger partial charge in [-0.05, 0) is 120 Å².